The van der Waals surface area contributed by atoms with Gasteiger partial charge in [0.2, 0.25) is 0 Å². The number of ether oxygens (including phenoxy) is 4. The van der Waals surface area contributed by atoms with Crippen LogP contribution in [0.1, 0.15) is 37.4 Å². The summed E-state index contributed by atoms with van der Waals surface area (Å²) < 4.78 is 23.6. The van der Waals surface area contributed by atoms with Crippen LogP contribution in [0.2, 0.25) is 0 Å². The molecule has 0 spiro atoms. The molecule has 29 heavy (non-hydrogen) atoms. The molecule has 3 rings (SSSR count). The highest BCUT2D eigenvalue weighted by Gasteiger charge is 2.17. The number of aromatic nitrogens is 2. The Morgan fingerprint density at radius 1 is 1.34 bits per heavy atom. The number of rotatable bonds is 9. The second kappa shape index (κ2) is 10.2. The first-order chi connectivity index (χ1) is 14.1. The van der Waals surface area contributed by atoms with Crippen molar-refractivity contribution in [2.75, 3.05) is 26.9 Å². The molecule has 0 N–H and O–H groups in total. The molecule has 0 aliphatic carbocycles. The Morgan fingerprint density at radius 3 is 2.79 bits per heavy atom. The van der Waals surface area contributed by atoms with Gasteiger partial charge in [-0.05, 0) is 56.9 Å². The maximum absolute atomic E-state index is 12.4. The highest BCUT2D eigenvalue weighted by Crippen LogP contribution is 2.26. The van der Waals surface area contributed by atoms with Gasteiger partial charge in [-0.2, -0.15) is 0 Å². The fourth-order valence-electron chi connectivity index (χ4n) is 3.24. The molecule has 1 aliphatic heterocycles. The van der Waals surface area contributed by atoms with Crippen molar-refractivity contribution in [1.82, 2.24) is 9.55 Å². The molecular formula is C22H28N2O5. The van der Waals surface area contributed by atoms with Gasteiger partial charge in [0.15, 0.2) is 6.29 Å². The van der Waals surface area contributed by atoms with Gasteiger partial charge in [-0.25, -0.2) is 9.78 Å². The van der Waals surface area contributed by atoms with Gasteiger partial charge in [0.1, 0.15) is 5.75 Å². The lowest BCUT2D eigenvalue weighted by Crippen LogP contribution is -2.10. The van der Waals surface area contributed by atoms with Crippen LogP contribution in [0.3, 0.4) is 0 Å². The number of hydrogen-bond donors (Lipinski definition) is 0. The van der Waals surface area contributed by atoms with Crippen LogP contribution in [0, 0.1) is 6.92 Å². The van der Waals surface area contributed by atoms with Gasteiger partial charge in [0.05, 0.1) is 44.6 Å². The third-order valence-electron chi connectivity index (χ3n) is 4.65. The molecule has 1 aromatic heterocycles. The number of aryl methyl sites for hydroxylation is 1. The van der Waals surface area contributed by atoms with Crippen molar-refractivity contribution >= 4 is 12.0 Å². The minimum Gasteiger partial charge on any atom is -0.495 e. The van der Waals surface area contributed by atoms with Crippen molar-refractivity contribution in [3.63, 3.8) is 0 Å². The first kappa shape index (κ1) is 21.1. The number of carbonyl (C=O) groups is 1. The van der Waals surface area contributed by atoms with Crippen molar-refractivity contribution in [1.29, 1.82) is 0 Å². The molecular weight excluding hydrogens is 372 g/mol. The van der Waals surface area contributed by atoms with Crippen LogP contribution >= 0.6 is 0 Å². The number of benzene rings is 1. The summed E-state index contributed by atoms with van der Waals surface area (Å²) in [5.74, 6) is 0.404. The Bertz CT molecular complexity index is 853. The van der Waals surface area contributed by atoms with Crippen LogP contribution < -0.4 is 4.74 Å². The maximum atomic E-state index is 12.4. The van der Waals surface area contributed by atoms with Gasteiger partial charge < -0.3 is 23.5 Å². The van der Waals surface area contributed by atoms with E-state index in [1.165, 1.54) is 0 Å². The zero-order valence-corrected chi connectivity index (χ0v) is 17.2. The average Bonchev–Trinajstić information content (AvgIpc) is 3.39. The summed E-state index contributed by atoms with van der Waals surface area (Å²) in [6.45, 7) is 5.35. The average molecular weight is 400 g/mol. The van der Waals surface area contributed by atoms with E-state index in [1.54, 1.807) is 20.4 Å². The van der Waals surface area contributed by atoms with Crippen LogP contribution in [0.4, 0.5) is 0 Å². The Hall–Kier alpha value is -2.64. The lowest BCUT2D eigenvalue weighted by atomic mass is 10.0. The van der Waals surface area contributed by atoms with Crippen LogP contribution in [0.25, 0.3) is 11.8 Å². The number of imidazole rings is 1. The van der Waals surface area contributed by atoms with Crippen LogP contribution in [0.15, 0.2) is 36.3 Å². The van der Waals surface area contributed by atoms with E-state index in [4.69, 9.17) is 18.9 Å². The largest absolute Gasteiger partial charge is 0.495 e. The van der Waals surface area contributed by atoms with Gasteiger partial charge in [-0.3, -0.25) is 0 Å². The molecule has 1 saturated heterocycles. The summed E-state index contributed by atoms with van der Waals surface area (Å²) >= 11 is 0. The first-order valence-electron chi connectivity index (χ1n) is 9.90. The van der Waals surface area contributed by atoms with Gasteiger partial charge in [-0.1, -0.05) is 6.07 Å². The molecule has 0 amide bonds. The molecule has 0 saturated carbocycles. The number of hydrogen-bond acceptors (Lipinski definition) is 6. The predicted octanol–water partition coefficient (Wildman–Crippen LogP) is 3.68. The number of esters is 1. The van der Waals surface area contributed by atoms with Gasteiger partial charge >= 0.3 is 5.97 Å². The zero-order valence-electron chi connectivity index (χ0n) is 17.2. The third-order valence-corrected chi connectivity index (χ3v) is 4.65. The number of nitrogens with zero attached hydrogens (tertiary/aromatic N) is 2. The molecule has 0 atom stereocenters. The molecule has 1 aromatic carbocycles. The monoisotopic (exact) mass is 400 g/mol. The van der Waals surface area contributed by atoms with Gasteiger partial charge in [0, 0.05) is 11.8 Å². The zero-order chi connectivity index (χ0) is 20.6. The summed E-state index contributed by atoms with van der Waals surface area (Å²) in [6, 6.07) is 5.82. The standard InChI is InChI=1S/C22H28N2O5/c1-4-27-22(25)18(6-5-7-21-28-10-11-29-21)12-17-8-9-19(20(13-17)26-3)24-14-16(2)23-15-24/h8-9,12-15,21H,4-7,10-11H2,1-3H3/b18-12+. The molecule has 0 radical (unpaired) electrons. The topological polar surface area (TPSA) is 71.8 Å². The predicted molar refractivity (Wildman–Crippen MR) is 109 cm³/mol. The minimum absolute atomic E-state index is 0.170. The SMILES string of the molecule is CCOC(=O)/C(=C/c1ccc(-n2cnc(C)c2)c(OC)c1)CCCC1OCCO1. The third kappa shape index (κ3) is 5.68. The van der Waals surface area contributed by atoms with E-state index in [0.717, 1.165) is 29.8 Å². The normalized spacial score (nSPS) is 14.9. The van der Waals surface area contributed by atoms with E-state index < -0.39 is 0 Å². The van der Waals surface area contributed by atoms with Crippen molar-refractivity contribution in [2.24, 2.45) is 0 Å². The summed E-state index contributed by atoms with van der Waals surface area (Å²) in [5, 5.41) is 0. The Labute approximate surface area is 171 Å². The fraction of sp³-hybridized carbons (Fsp3) is 0.455. The van der Waals surface area contributed by atoms with E-state index in [0.29, 0.717) is 37.6 Å². The smallest absolute Gasteiger partial charge is 0.334 e. The van der Waals surface area contributed by atoms with Gasteiger partial charge in [-0.15, -0.1) is 0 Å². The molecule has 0 unspecified atom stereocenters. The molecule has 7 nitrogen and oxygen atoms in total. The van der Waals surface area contributed by atoms with E-state index in [1.807, 2.05) is 42.0 Å². The van der Waals surface area contributed by atoms with E-state index >= 15 is 0 Å². The quantitative estimate of drug-likeness (QED) is 0.472. The summed E-state index contributed by atoms with van der Waals surface area (Å²) in [5.41, 5.74) is 3.31. The Morgan fingerprint density at radius 2 is 2.14 bits per heavy atom. The molecule has 7 heteroatoms. The second-order valence-corrected chi connectivity index (χ2v) is 6.81. The minimum atomic E-state index is -0.297. The van der Waals surface area contributed by atoms with Crippen LogP contribution in [0.5, 0.6) is 5.75 Å². The molecule has 0 bridgehead atoms. The highest BCUT2D eigenvalue weighted by atomic mass is 16.7. The molecule has 2 aromatic rings. The van der Waals surface area contributed by atoms with E-state index in [-0.39, 0.29) is 12.3 Å². The molecule has 1 aliphatic rings. The summed E-state index contributed by atoms with van der Waals surface area (Å²) in [4.78, 5) is 16.7. The van der Waals surface area contributed by atoms with Crippen LogP contribution in [-0.4, -0.2) is 48.7 Å². The van der Waals surface area contributed by atoms with Crippen LogP contribution in [-0.2, 0) is 19.0 Å². The van der Waals surface area contributed by atoms with Crippen molar-refractivity contribution in [3.8, 4) is 11.4 Å². The fourth-order valence-corrected chi connectivity index (χ4v) is 3.24. The van der Waals surface area contributed by atoms with Crippen molar-refractivity contribution in [3.05, 3.63) is 47.6 Å². The lowest BCUT2D eigenvalue weighted by molar-refractivity contribution is -0.138. The van der Waals surface area contributed by atoms with E-state index in [9.17, 15) is 4.79 Å². The molecule has 1 fully saturated rings. The Balaban J connectivity index is 1.78. The summed E-state index contributed by atoms with van der Waals surface area (Å²) in [7, 11) is 1.63. The molecule has 2 heterocycles. The van der Waals surface area contributed by atoms with E-state index in [2.05, 4.69) is 4.98 Å². The molecule has 156 valence electrons. The Kier molecular flexibility index (Phi) is 7.43. The lowest BCUT2D eigenvalue weighted by Gasteiger charge is -2.12. The van der Waals surface area contributed by atoms with Crippen molar-refractivity contribution < 1.29 is 23.7 Å². The number of carbonyl (C=O) groups excluding carboxylic acids is 1. The number of methoxy groups -OCH3 is 1. The summed E-state index contributed by atoms with van der Waals surface area (Å²) in [6.07, 6.45) is 7.49. The maximum Gasteiger partial charge on any atom is 0.334 e. The first-order valence-corrected chi connectivity index (χ1v) is 9.90. The van der Waals surface area contributed by atoms with Crippen molar-refractivity contribution in [2.45, 2.75) is 39.4 Å². The highest BCUT2D eigenvalue weighted by molar-refractivity contribution is 5.93. The second-order valence-electron chi connectivity index (χ2n) is 6.81. The van der Waals surface area contributed by atoms with Gasteiger partial charge in [0.25, 0.3) is 0 Å².